The summed E-state index contributed by atoms with van der Waals surface area (Å²) in [5.74, 6) is 0.197. The summed E-state index contributed by atoms with van der Waals surface area (Å²) >= 11 is 0. The van der Waals surface area contributed by atoms with Crippen molar-refractivity contribution in [2.75, 3.05) is 12.2 Å². The highest BCUT2D eigenvalue weighted by molar-refractivity contribution is 7.96. The number of hydrogen-bond acceptors (Lipinski definition) is 6. The summed E-state index contributed by atoms with van der Waals surface area (Å²) in [6.45, 7) is 0. The first-order valence-corrected chi connectivity index (χ1v) is 11.2. The molecule has 0 aliphatic heterocycles. The number of anilines is 1. The maximum absolute atomic E-state index is 8.84. The van der Waals surface area contributed by atoms with Gasteiger partial charge in [-0.2, -0.15) is 15.0 Å². The lowest BCUT2D eigenvalue weighted by Gasteiger charge is -2.27. The van der Waals surface area contributed by atoms with E-state index in [4.69, 9.17) is 10.3 Å². The molecule has 9 heteroatoms. The lowest BCUT2D eigenvalue weighted by atomic mass is 10.4. The minimum absolute atomic E-state index is 0.0622. The van der Waals surface area contributed by atoms with Gasteiger partial charge in [-0.3, -0.25) is 0 Å². The van der Waals surface area contributed by atoms with Gasteiger partial charge in [-0.05, 0) is 47.0 Å². The lowest BCUT2D eigenvalue weighted by molar-refractivity contribution is 0.379. The van der Waals surface area contributed by atoms with Gasteiger partial charge in [-0.15, -0.1) is 0 Å². The average molecular weight is 428 g/mol. The molecule has 0 radical (unpaired) electrons. The van der Waals surface area contributed by atoms with Crippen LogP contribution in [0, 0.1) is 0 Å². The molecule has 4 rings (SSSR count). The normalized spacial score (nSPS) is 10.7. The zero-order chi connectivity index (χ0) is 21.5. The molecule has 0 aliphatic rings. The number of aromatic nitrogens is 3. The van der Waals surface area contributed by atoms with Crippen molar-refractivity contribution in [2.45, 2.75) is 0 Å². The predicted molar refractivity (Wildman–Crippen MR) is 124 cm³/mol. The molecule has 0 atom stereocenters. The molecule has 4 aromatic rings. The summed E-state index contributed by atoms with van der Waals surface area (Å²) in [4.78, 5) is 15.5. The van der Waals surface area contributed by atoms with Crippen molar-refractivity contribution in [1.82, 2.24) is 15.0 Å². The van der Waals surface area contributed by atoms with Crippen LogP contribution in [-0.4, -0.2) is 22.1 Å². The van der Waals surface area contributed by atoms with Crippen molar-refractivity contribution in [3.63, 3.8) is 0 Å². The molecule has 0 aliphatic carbocycles. The average Bonchev–Trinajstić information content (AvgIpc) is 2.84. The Labute approximate surface area is 180 Å². The van der Waals surface area contributed by atoms with Gasteiger partial charge in [0.1, 0.15) is 15.9 Å². The molecule has 0 spiro atoms. The molecule has 3 aromatic carbocycles. The number of nitrogens with one attached hydrogen (secondary N) is 1. The minimum atomic E-state index is -2.44. The predicted octanol–water partition coefficient (Wildman–Crippen LogP) is 4.14. The fourth-order valence-corrected chi connectivity index (χ4v) is 6.86. The molecular weight excluding hydrogens is 409 g/mol. The Balaban J connectivity index is 1.99. The Morgan fingerprint density at radius 3 is 1.68 bits per heavy atom. The maximum Gasteiger partial charge on any atom is 0.321 e. The molecule has 8 nitrogen and oxygen atoms in total. The number of azide groups is 1. The van der Waals surface area contributed by atoms with E-state index in [0.717, 1.165) is 15.9 Å². The van der Waals surface area contributed by atoms with Crippen LogP contribution >= 0.6 is 7.41 Å². The van der Waals surface area contributed by atoms with Crippen LogP contribution < -0.4 is 25.7 Å². The molecule has 0 fully saturated rings. The Morgan fingerprint density at radius 1 is 0.774 bits per heavy atom. The largest absolute Gasteiger partial charge is 0.467 e. The van der Waals surface area contributed by atoms with Crippen molar-refractivity contribution in [1.29, 1.82) is 0 Å². The van der Waals surface area contributed by atoms with Gasteiger partial charge in [0.25, 0.3) is 5.95 Å². The zero-order valence-electron chi connectivity index (χ0n) is 16.7. The summed E-state index contributed by atoms with van der Waals surface area (Å²) < 4.78 is 5.20. The first kappa shape index (κ1) is 20.3. The van der Waals surface area contributed by atoms with E-state index < -0.39 is 7.41 Å². The van der Waals surface area contributed by atoms with Crippen LogP contribution in [0.15, 0.2) is 96.1 Å². The second kappa shape index (κ2) is 9.22. The van der Waals surface area contributed by atoms with E-state index in [-0.39, 0.29) is 17.9 Å². The third-order valence-corrected chi connectivity index (χ3v) is 8.37. The first-order chi connectivity index (χ1) is 15.3. The molecule has 31 heavy (non-hydrogen) atoms. The minimum Gasteiger partial charge on any atom is -0.467 e. The van der Waals surface area contributed by atoms with E-state index in [1.54, 1.807) is 0 Å². The maximum atomic E-state index is 8.84. The van der Waals surface area contributed by atoms with Gasteiger partial charge in [-0.25, -0.2) is 5.09 Å². The Morgan fingerprint density at radius 2 is 1.26 bits per heavy atom. The Bertz CT molecular complexity index is 1100. The van der Waals surface area contributed by atoms with E-state index in [1.807, 2.05) is 54.6 Å². The number of benzene rings is 3. The zero-order valence-corrected chi connectivity index (χ0v) is 17.6. The molecule has 0 saturated carbocycles. The molecule has 1 N–H and O–H groups in total. The van der Waals surface area contributed by atoms with Crippen molar-refractivity contribution in [3.8, 4) is 6.01 Å². The standard InChI is InChI=1S/C22H19N7OP/c1-30-22-25-20(27-29-23)24-21(26-22)28-31(17-11-5-2-6-12-17,18-13-7-3-8-14-18)19-15-9-4-10-16-19/h2-16H,1H3,(H,24,25,26,28)/q+1. The molecule has 0 unspecified atom stereocenters. The fourth-order valence-electron chi connectivity index (χ4n) is 3.32. The summed E-state index contributed by atoms with van der Waals surface area (Å²) in [6, 6.07) is 30.6. The summed E-state index contributed by atoms with van der Waals surface area (Å²) in [7, 11) is -0.986. The van der Waals surface area contributed by atoms with Crippen molar-refractivity contribution in [3.05, 3.63) is 101 Å². The number of rotatable bonds is 7. The molecular formula is C22H19N7OP+. The highest BCUT2D eigenvalue weighted by Crippen LogP contribution is 2.54. The number of hydrogen-bond donors (Lipinski definition) is 1. The molecule has 0 saturated heterocycles. The quantitative estimate of drug-likeness (QED) is 0.206. The van der Waals surface area contributed by atoms with Crippen LogP contribution in [0.25, 0.3) is 10.4 Å². The monoisotopic (exact) mass is 428 g/mol. The second-order valence-electron chi connectivity index (χ2n) is 6.42. The molecule has 0 bridgehead atoms. The smallest absolute Gasteiger partial charge is 0.321 e. The Kier molecular flexibility index (Phi) is 6.03. The van der Waals surface area contributed by atoms with Crippen molar-refractivity contribution >= 4 is 35.2 Å². The Hall–Kier alpha value is -3.99. The van der Waals surface area contributed by atoms with Gasteiger partial charge in [0.15, 0.2) is 0 Å². The third kappa shape index (κ3) is 4.16. The van der Waals surface area contributed by atoms with Gasteiger partial charge in [0.05, 0.1) is 7.11 Å². The van der Waals surface area contributed by atoms with E-state index in [2.05, 4.69) is 66.5 Å². The fraction of sp³-hybridized carbons (Fsp3) is 0.0455. The topological polar surface area (TPSA) is 109 Å². The summed E-state index contributed by atoms with van der Waals surface area (Å²) in [5, 5.41) is 10.4. The van der Waals surface area contributed by atoms with Crippen LogP contribution in [0.2, 0.25) is 0 Å². The highest BCUT2D eigenvalue weighted by atomic mass is 31.2. The second-order valence-corrected chi connectivity index (χ2v) is 9.54. The van der Waals surface area contributed by atoms with E-state index in [0.29, 0.717) is 0 Å². The van der Waals surface area contributed by atoms with Crippen LogP contribution in [0.4, 0.5) is 11.9 Å². The number of nitrogens with zero attached hydrogens (tertiary/aromatic N) is 6. The van der Waals surface area contributed by atoms with Gasteiger partial charge in [0.2, 0.25) is 13.4 Å². The van der Waals surface area contributed by atoms with Gasteiger partial charge >= 0.3 is 6.01 Å². The summed E-state index contributed by atoms with van der Waals surface area (Å²) in [5.41, 5.74) is 8.84. The lowest BCUT2D eigenvalue weighted by Crippen LogP contribution is -2.36. The van der Waals surface area contributed by atoms with Crippen LogP contribution in [0.3, 0.4) is 0 Å². The van der Waals surface area contributed by atoms with Crippen LogP contribution in [0.1, 0.15) is 0 Å². The molecule has 1 aromatic heterocycles. The third-order valence-electron chi connectivity index (χ3n) is 4.62. The van der Waals surface area contributed by atoms with E-state index in [1.165, 1.54) is 7.11 Å². The summed E-state index contributed by atoms with van der Waals surface area (Å²) in [6.07, 6.45) is 0. The van der Waals surface area contributed by atoms with Crippen molar-refractivity contribution in [2.24, 2.45) is 5.11 Å². The van der Waals surface area contributed by atoms with Crippen LogP contribution in [-0.2, 0) is 0 Å². The van der Waals surface area contributed by atoms with Gasteiger partial charge < -0.3 is 4.74 Å². The van der Waals surface area contributed by atoms with Gasteiger partial charge in [-0.1, -0.05) is 54.6 Å². The van der Waals surface area contributed by atoms with E-state index >= 15 is 0 Å². The molecule has 152 valence electrons. The number of ether oxygens (including phenoxy) is 1. The van der Waals surface area contributed by atoms with Crippen LogP contribution in [0.5, 0.6) is 6.01 Å². The van der Waals surface area contributed by atoms with Crippen molar-refractivity contribution < 1.29 is 4.74 Å². The SMILES string of the molecule is COc1nc(N=[N+]=[N-])nc(N[P+](c2ccccc2)(c2ccccc2)c2ccccc2)n1. The molecule has 1 heterocycles. The highest BCUT2D eigenvalue weighted by Gasteiger charge is 2.47. The van der Waals surface area contributed by atoms with E-state index in [9.17, 15) is 0 Å². The van der Waals surface area contributed by atoms with Gasteiger partial charge in [0, 0.05) is 4.91 Å². The molecule has 0 amide bonds. The first-order valence-electron chi connectivity index (χ1n) is 9.45. The number of methoxy groups -OCH3 is 1.